The van der Waals surface area contributed by atoms with Gasteiger partial charge in [0.05, 0.1) is 0 Å². The van der Waals surface area contributed by atoms with Gasteiger partial charge in [-0.3, -0.25) is 4.79 Å². The van der Waals surface area contributed by atoms with Crippen molar-refractivity contribution >= 4 is 21.8 Å². The Morgan fingerprint density at radius 3 is 2.86 bits per heavy atom. The van der Waals surface area contributed by atoms with E-state index in [4.69, 9.17) is 0 Å². The van der Waals surface area contributed by atoms with Crippen LogP contribution in [0, 0.1) is 16.7 Å². The summed E-state index contributed by atoms with van der Waals surface area (Å²) < 4.78 is 26.1. The Hall–Kier alpha value is -0.630. The molecule has 0 aliphatic heterocycles. The number of hydrogen-bond donors (Lipinski definition) is 1. The minimum Gasteiger partial charge on any atom is -0.345 e. The van der Waals surface area contributed by atoms with Gasteiger partial charge in [0.25, 0.3) is 11.8 Å². The zero-order valence-corrected chi connectivity index (χ0v) is 9.03. The molecule has 1 saturated carbocycles. The molecule has 1 aliphatic rings. The summed E-state index contributed by atoms with van der Waals surface area (Å²) in [7, 11) is 0. The molecular formula is C9H10BrF2NO. The van der Waals surface area contributed by atoms with E-state index in [-0.39, 0.29) is 13.0 Å². The van der Waals surface area contributed by atoms with Crippen LogP contribution in [-0.2, 0) is 4.79 Å². The fourth-order valence-corrected chi connectivity index (χ4v) is 1.73. The Morgan fingerprint density at radius 1 is 1.64 bits per heavy atom. The summed E-state index contributed by atoms with van der Waals surface area (Å²) >= 11 is 2.76. The summed E-state index contributed by atoms with van der Waals surface area (Å²) in [5, 5.41) is 2.36. The van der Waals surface area contributed by atoms with E-state index < -0.39 is 17.7 Å². The van der Waals surface area contributed by atoms with Crippen molar-refractivity contribution in [2.75, 3.05) is 6.54 Å². The fourth-order valence-electron chi connectivity index (χ4n) is 1.55. The summed E-state index contributed by atoms with van der Waals surface area (Å²) in [4.78, 5) is 13.1. The topological polar surface area (TPSA) is 29.1 Å². The van der Waals surface area contributed by atoms with Gasteiger partial charge in [0.1, 0.15) is 0 Å². The molecule has 0 aromatic heterocycles. The molecule has 0 heterocycles. The average Bonchev–Trinajstić information content (AvgIpc) is 2.42. The van der Waals surface area contributed by atoms with Crippen molar-refractivity contribution < 1.29 is 13.6 Å². The van der Waals surface area contributed by atoms with E-state index >= 15 is 0 Å². The molecule has 1 atom stereocenters. The SMILES string of the molecule is O=C(C#CBr)NCC1CCCC1(F)F. The number of carbonyl (C=O) groups excluding carboxylic acids is 1. The molecule has 0 aromatic carbocycles. The lowest BCUT2D eigenvalue weighted by atomic mass is 10.1. The number of hydrogen-bond acceptors (Lipinski definition) is 1. The molecule has 1 amide bonds. The lowest BCUT2D eigenvalue weighted by Crippen LogP contribution is -2.34. The van der Waals surface area contributed by atoms with Gasteiger partial charge in [-0.2, -0.15) is 0 Å². The third kappa shape index (κ3) is 2.95. The normalized spacial score (nSPS) is 23.8. The molecule has 1 N–H and O–H groups in total. The molecule has 14 heavy (non-hydrogen) atoms. The zero-order valence-electron chi connectivity index (χ0n) is 7.45. The van der Waals surface area contributed by atoms with Crippen LogP contribution in [0.4, 0.5) is 8.78 Å². The lowest BCUT2D eigenvalue weighted by Gasteiger charge is -2.18. The van der Waals surface area contributed by atoms with Crippen LogP contribution in [0.25, 0.3) is 0 Å². The van der Waals surface area contributed by atoms with Crippen LogP contribution in [0.15, 0.2) is 0 Å². The van der Waals surface area contributed by atoms with E-state index in [1.165, 1.54) is 0 Å². The summed E-state index contributed by atoms with van der Waals surface area (Å²) in [6, 6.07) is 0. The van der Waals surface area contributed by atoms with Gasteiger partial charge in [0.2, 0.25) is 0 Å². The van der Waals surface area contributed by atoms with Crippen molar-refractivity contribution in [1.29, 1.82) is 0 Å². The summed E-state index contributed by atoms with van der Waals surface area (Å²) in [5.41, 5.74) is 0. The van der Waals surface area contributed by atoms with Gasteiger partial charge in [-0.15, -0.1) is 0 Å². The third-order valence-corrected chi connectivity index (χ3v) is 2.53. The van der Waals surface area contributed by atoms with E-state index in [0.29, 0.717) is 12.8 Å². The smallest absolute Gasteiger partial charge is 0.296 e. The van der Waals surface area contributed by atoms with Crippen molar-refractivity contribution in [3.63, 3.8) is 0 Å². The van der Waals surface area contributed by atoms with Gasteiger partial charge < -0.3 is 5.32 Å². The Balaban J connectivity index is 2.37. The number of halogens is 3. The molecule has 5 heteroatoms. The zero-order chi connectivity index (χ0) is 10.6. The second-order valence-corrected chi connectivity index (χ2v) is 3.68. The molecule has 0 aromatic rings. The average molecular weight is 266 g/mol. The summed E-state index contributed by atoms with van der Waals surface area (Å²) in [6.45, 7) is 0.00745. The number of amides is 1. The molecule has 1 fully saturated rings. The number of alkyl halides is 2. The van der Waals surface area contributed by atoms with Gasteiger partial charge >= 0.3 is 0 Å². The molecule has 1 aliphatic carbocycles. The van der Waals surface area contributed by atoms with Crippen molar-refractivity contribution in [2.24, 2.45) is 5.92 Å². The molecule has 0 radical (unpaired) electrons. The maximum Gasteiger partial charge on any atom is 0.296 e. The van der Waals surface area contributed by atoms with Crippen molar-refractivity contribution in [3.8, 4) is 10.8 Å². The monoisotopic (exact) mass is 265 g/mol. The van der Waals surface area contributed by atoms with Crippen LogP contribution in [0.2, 0.25) is 0 Å². The molecule has 2 nitrogen and oxygen atoms in total. The van der Waals surface area contributed by atoms with Crippen molar-refractivity contribution in [2.45, 2.75) is 25.2 Å². The second kappa shape index (κ2) is 4.74. The van der Waals surface area contributed by atoms with Crippen LogP contribution in [0.1, 0.15) is 19.3 Å². The van der Waals surface area contributed by atoms with E-state index in [2.05, 4.69) is 32.0 Å². The highest BCUT2D eigenvalue weighted by molar-refractivity contribution is 9.12. The summed E-state index contributed by atoms with van der Waals surface area (Å²) in [6.07, 6.45) is 0.921. The largest absolute Gasteiger partial charge is 0.345 e. The molecule has 78 valence electrons. The van der Waals surface area contributed by atoms with Crippen LogP contribution >= 0.6 is 15.9 Å². The minimum atomic E-state index is -2.63. The Kier molecular flexibility index (Phi) is 3.87. The molecular weight excluding hydrogens is 256 g/mol. The Morgan fingerprint density at radius 2 is 2.36 bits per heavy atom. The first-order chi connectivity index (χ1) is 6.56. The molecule has 1 unspecified atom stereocenters. The van der Waals surface area contributed by atoms with Crippen LogP contribution < -0.4 is 5.32 Å². The van der Waals surface area contributed by atoms with Crippen molar-refractivity contribution in [1.82, 2.24) is 5.32 Å². The maximum absolute atomic E-state index is 13.0. The van der Waals surface area contributed by atoms with E-state index in [1.807, 2.05) is 0 Å². The highest BCUT2D eigenvalue weighted by Crippen LogP contribution is 2.39. The van der Waals surface area contributed by atoms with E-state index in [0.717, 1.165) is 0 Å². The fraction of sp³-hybridized carbons (Fsp3) is 0.667. The van der Waals surface area contributed by atoms with Gasteiger partial charge in [-0.25, -0.2) is 8.78 Å². The standard InChI is InChI=1S/C9H10BrF2NO/c10-5-3-8(14)13-6-7-2-1-4-9(7,11)12/h7H,1-2,4,6H2,(H,13,14). The first kappa shape index (κ1) is 11.4. The van der Waals surface area contributed by atoms with Gasteiger partial charge in [0.15, 0.2) is 0 Å². The number of rotatable bonds is 2. The van der Waals surface area contributed by atoms with Crippen LogP contribution in [0.3, 0.4) is 0 Å². The molecule has 0 spiro atoms. The molecule has 1 rings (SSSR count). The minimum absolute atomic E-state index is 0.00745. The predicted octanol–water partition coefficient (Wildman–Crippen LogP) is 1.89. The molecule has 0 bridgehead atoms. The number of nitrogens with one attached hydrogen (secondary N) is 1. The van der Waals surface area contributed by atoms with Gasteiger partial charge in [-0.05, 0) is 17.7 Å². The first-order valence-corrected chi connectivity index (χ1v) is 5.13. The number of carbonyl (C=O) groups is 1. The highest BCUT2D eigenvalue weighted by atomic mass is 79.9. The van der Waals surface area contributed by atoms with E-state index in [1.54, 1.807) is 0 Å². The Labute approximate surface area is 89.6 Å². The Bertz CT molecular complexity index is 282. The third-order valence-electron chi connectivity index (χ3n) is 2.33. The molecule has 0 saturated heterocycles. The quantitative estimate of drug-likeness (QED) is 0.760. The van der Waals surface area contributed by atoms with Crippen LogP contribution in [0.5, 0.6) is 0 Å². The van der Waals surface area contributed by atoms with Crippen molar-refractivity contribution in [3.05, 3.63) is 0 Å². The highest BCUT2D eigenvalue weighted by Gasteiger charge is 2.43. The summed E-state index contributed by atoms with van der Waals surface area (Å²) in [5.74, 6) is -1.72. The maximum atomic E-state index is 13.0. The lowest BCUT2D eigenvalue weighted by molar-refractivity contribution is -0.116. The van der Waals surface area contributed by atoms with Crippen LogP contribution in [-0.4, -0.2) is 18.4 Å². The van der Waals surface area contributed by atoms with E-state index in [9.17, 15) is 13.6 Å². The van der Waals surface area contributed by atoms with Gasteiger partial charge in [0, 0.05) is 40.7 Å². The second-order valence-electron chi connectivity index (χ2n) is 3.28. The van der Waals surface area contributed by atoms with Gasteiger partial charge in [-0.1, -0.05) is 0 Å². The first-order valence-electron chi connectivity index (χ1n) is 4.33. The predicted molar refractivity (Wildman–Crippen MR) is 52.0 cm³/mol.